The Balaban J connectivity index is 2.06. The first-order valence-electron chi connectivity index (χ1n) is 5.34. The summed E-state index contributed by atoms with van der Waals surface area (Å²) in [5, 5.41) is 10.9. The summed E-state index contributed by atoms with van der Waals surface area (Å²) in [7, 11) is 0. The average Bonchev–Trinajstić information content (AvgIpc) is 2.17. The van der Waals surface area contributed by atoms with Crippen LogP contribution in [0.4, 0.5) is 0 Å². The number of rotatable bonds is 1. The van der Waals surface area contributed by atoms with E-state index in [1.54, 1.807) is 0 Å². The number of hydrogen-bond donors (Lipinski definition) is 1. The molecule has 0 saturated carbocycles. The van der Waals surface area contributed by atoms with Gasteiger partial charge in [-0.15, -0.1) is 0 Å². The highest BCUT2D eigenvalue weighted by Gasteiger charge is 2.36. The quantitative estimate of drug-likeness (QED) is 0.542. The van der Waals surface area contributed by atoms with Gasteiger partial charge in [0, 0.05) is 6.42 Å². The first-order chi connectivity index (χ1) is 6.29. The van der Waals surface area contributed by atoms with Crippen molar-refractivity contribution < 1.29 is 14.8 Å². The van der Waals surface area contributed by atoms with Gasteiger partial charge in [0.1, 0.15) is 0 Å². The molecule has 0 aromatic carbocycles. The summed E-state index contributed by atoms with van der Waals surface area (Å²) in [6.45, 7) is 2.35. The minimum absolute atomic E-state index is 0.163. The second kappa shape index (κ2) is 3.66. The van der Waals surface area contributed by atoms with Crippen molar-refractivity contribution >= 4 is 5.97 Å². The van der Waals surface area contributed by atoms with Crippen molar-refractivity contribution in [3.8, 4) is 0 Å². The molecule has 3 atom stereocenters. The number of carboxylic acids is 1. The highest BCUT2D eigenvalue weighted by molar-refractivity contribution is 5.68. The lowest BCUT2D eigenvalue weighted by Crippen LogP contribution is -3.18. The summed E-state index contributed by atoms with van der Waals surface area (Å²) in [5.41, 5.74) is 0. The highest BCUT2D eigenvalue weighted by atomic mass is 16.4. The third-order valence-electron chi connectivity index (χ3n) is 3.59. The van der Waals surface area contributed by atoms with Crippen LogP contribution < -0.4 is 10.0 Å². The van der Waals surface area contributed by atoms with Crippen LogP contribution in [-0.2, 0) is 4.79 Å². The van der Waals surface area contributed by atoms with Crippen molar-refractivity contribution in [3.05, 3.63) is 0 Å². The summed E-state index contributed by atoms with van der Waals surface area (Å²) < 4.78 is 0. The molecule has 1 N–H and O–H groups in total. The van der Waals surface area contributed by atoms with E-state index in [1.165, 1.54) is 30.8 Å². The van der Waals surface area contributed by atoms with E-state index >= 15 is 0 Å². The van der Waals surface area contributed by atoms with Crippen molar-refractivity contribution in [1.82, 2.24) is 0 Å². The van der Waals surface area contributed by atoms with Gasteiger partial charge in [-0.1, -0.05) is 0 Å². The molecule has 74 valence electrons. The van der Waals surface area contributed by atoms with Crippen molar-refractivity contribution in [2.75, 3.05) is 13.1 Å². The third-order valence-corrected chi connectivity index (χ3v) is 3.59. The van der Waals surface area contributed by atoms with E-state index in [2.05, 4.69) is 0 Å². The fourth-order valence-corrected chi connectivity index (χ4v) is 2.93. The maximum Gasteiger partial charge on any atom is 0.0956 e. The maximum atomic E-state index is 10.9. The molecule has 0 aliphatic carbocycles. The first-order valence-corrected chi connectivity index (χ1v) is 5.34. The van der Waals surface area contributed by atoms with Crippen LogP contribution in [0.15, 0.2) is 0 Å². The molecule has 2 saturated heterocycles. The van der Waals surface area contributed by atoms with Gasteiger partial charge in [0.2, 0.25) is 0 Å². The van der Waals surface area contributed by atoms with Crippen molar-refractivity contribution in [2.45, 2.75) is 38.1 Å². The van der Waals surface area contributed by atoms with Gasteiger partial charge in [0.15, 0.2) is 0 Å². The molecule has 0 aromatic heterocycles. The lowest BCUT2D eigenvalue weighted by atomic mass is 9.84. The summed E-state index contributed by atoms with van der Waals surface area (Å²) in [4.78, 5) is 12.4. The molecule has 3 nitrogen and oxygen atoms in total. The molecule has 2 heterocycles. The number of hydrogen-bond acceptors (Lipinski definition) is 2. The number of carbonyl (C=O) groups excluding carboxylic acids is 1. The van der Waals surface area contributed by atoms with E-state index in [4.69, 9.17) is 0 Å². The molecule has 1 unspecified atom stereocenters. The molecule has 0 spiro atoms. The van der Waals surface area contributed by atoms with Gasteiger partial charge in [-0.3, -0.25) is 0 Å². The van der Waals surface area contributed by atoms with E-state index in [0.717, 1.165) is 19.3 Å². The zero-order valence-corrected chi connectivity index (χ0v) is 7.92. The molecule has 2 aliphatic heterocycles. The summed E-state index contributed by atoms with van der Waals surface area (Å²) in [6.07, 6.45) is 5.47. The van der Waals surface area contributed by atoms with Gasteiger partial charge >= 0.3 is 0 Å². The molecule has 3 heteroatoms. The predicted molar refractivity (Wildman–Crippen MR) is 46.1 cm³/mol. The summed E-state index contributed by atoms with van der Waals surface area (Å²) in [5.74, 6) is -0.979. The van der Waals surface area contributed by atoms with E-state index in [1.807, 2.05) is 0 Å². The van der Waals surface area contributed by atoms with Crippen LogP contribution >= 0.6 is 0 Å². The van der Waals surface area contributed by atoms with E-state index in [0.29, 0.717) is 6.04 Å². The Morgan fingerprint density at radius 1 is 1.15 bits per heavy atom. The lowest BCUT2D eigenvalue weighted by molar-refractivity contribution is -0.939. The maximum absolute atomic E-state index is 10.9. The number of carbonyl (C=O) groups is 1. The van der Waals surface area contributed by atoms with E-state index in [9.17, 15) is 9.90 Å². The Kier molecular flexibility index (Phi) is 2.54. The topological polar surface area (TPSA) is 44.6 Å². The number of fused-ring (bicyclic) bond motifs is 1. The Bertz CT molecular complexity index is 203. The van der Waals surface area contributed by atoms with Crippen molar-refractivity contribution in [2.24, 2.45) is 5.92 Å². The molecule has 0 amide bonds. The molecule has 0 aromatic rings. The number of nitrogens with one attached hydrogen (secondary N) is 1. The van der Waals surface area contributed by atoms with Gasteiger partial charge < -0.3 is 14.8 Å². The fourth-order valence-electron chi connectivity index (χ4n) is 2.93. The van der Waals surface area contributed by atoms with E-state index in [-0.39, 0.29) is 5.92 Å². The van der Waals surface area contributed by atoms with Gasteiger partial charge in [0.25, 0.3) is 0 Å². The number of quaternary nitrogens is 1. The van der Waals surface area contributed by atoms with Crippen LogP contribution in [0.5, 0.6) is 0 Å². The first kappa shape index (κ1) is 9.00. The van der Waals surface area contributed by atoms with Crippen LogP contribution in [0, 0.1) is 5.92 Å². The molecule has 2 rings (SSSR count). The number of piperidine rings is 2. The SMILES string of the molecule is O=C([O-])[C@H]1CCC[NH+]2CCCC[C@H]12. The standard InChI is InChI=1S/C10H17NO2/c12-10(13)8-4-3-7-11-6-2-1-5-9(8)11/h8-9H,1-7H2,(H,12,13)/t8-,9+/m0/s1. The van der Waals surface area contributed by atoms with E-state index < -0.39 is 5.97 Å². The molecular weight excluding hydrogens is 166 g/mol. The monoisotopic (exact) mass is 183 g/mol. The van der Waals surface area contributed by atoms with Gasteiger partial charge in [0.05, 0.1) is 31.0 Å². The summed E-state index contributed by atoms with van der Waals surface area (Å²) >= 11 is 0. The van der Waals surface area contributed by atoms with Gasteiger partial charge in [-0.2, -0.15) is 0 Å². The van der Waals surface area contributed by atoms with Crippen molar-refractivity contribution in [3.63, 3.8) is 0 Å². The predicted octanol–water partition coefficient (Wildman–Crippen LogP) is -1.42. The van der Waals surface area contributed by atoms with Gasteiger partial charge in [-0.05, 0) is 25.7 Å². The molecule has 0 radical (unpaired) electrons. The molecular formula is C10H17NO2. The average molecular weight is 183 g/mol. The zero-order valence-electron chi connectivity index (χ0n) is 7.92. The number of carboxylic acid groups (broad SMARTS) is 1. The largest absolute Gasteiger partial charge is 0.550 e. The minimum Gasteiger partial charge on any atom is -0.550 e. The second-order valence-electron chi connectivity index (χ2n) is 4.33. The third kappa shape index (κ3) is 1.70. The van der Waals surface area contributed by atoms with Crippen LogP contribution in [0.25, 0.3) is 0 Å². The van der Waals surface area contributed by atoms with Crippen molar-refractivity contribution in [1.29, 1.82) is 0 Å². The van der Waals surface area contributed by atoms with Crippen LogP contribution in [0.1, 0.15) is 32.1 Å². The molecule has 2 aliphatic rings. The number of aliphatic carboxylic acids is 1. The van der Waals surface area contributed by atoms with Gasteiger partial charge in [-0.25, -0.2) is 0 Å². The lowest BCUT2D eigenvalue weighted by Gasteiger charge is -2.41. The molecule has 13 heavy (non-hydrogen) atoms. The fraction of sp³-hybridized carbons (Fsp3) is 0.900. The zero-order chi connectivity index (χ0) is 9.26. The molecule has 2 fully saturated rings. The van der Waals surface area contributed by atoms with Crippen LogP contribution in [-0.4, -0.2) is 25.1 Å². The Morgan fingerprint density at radius 2 is 1.92 bits per heavy atom. The summed E-state index contributed by atoms with van der Waals surface area (Å²) in [6, 6.07) is 0.368. The Morgan fingerprint density at radius 3 is 2.69 bits per heavy atom. The Hall–Kier alpha value is -0.570. The van der Waals surface area contributed by atoms with Crippen LogP contribution in [0.2, 0.25) is 0 Å². The Labute approximate surface area is 78.7 Å². The normalized spacial score (nSPS) is 39.5. The smallest absolute Gasteiger partial charge is 0.0956 e. The molecule has 0 bridgehead atoms. The highest BCUT2D eigenvalue weighted by Crippen LogP contribution is 2.19. The van der Waals surface area contributed by atoms with Crippen LogP contribution in [0.3, 0.4) is 0 Å². The second-order valence-corrected chi connectivity index (χ2v) is 4.33. The minimum atomic E-state index is -0.816.